The molecule has 2 aromatic heterocycles. The van der Waals surface area contributed by atoms with Gasteiger partial charge in [-0.1, -0.05) is 30.3 Å². The smallest absolute Gasteiger partial charge is 0.260 e. The average Bonchev–Trinajstić information content (AvgIpc) is 3.20. The molecule has 3 heterocycles. The van der Waals surface area contributed by atoms with Gasteiger partial charge in [-0.25, -0.2) is 21.7 Å². The zero-order valence-electron chi connectivity index (χ0n) is 17.0. The van der Waals surface area contributed by atoms with Gasteiger partial charge in [-0.2, -0.15) is 4.98 Å². The van der Waals surface area contributed by atoms with Crippen LogP contribution in [0.4, 0.5) is 14.7 Å². The van der Waals surface area contributed by atoms with Crippen molar-refractivity contribution in [3.8, 4) is 11.3 Å². The molecule has 1 N–H and O–H groups in total. The summed E-state index contributed by atoms with van der Waals surface area (Å²) in [5.41, 5.74) is 3.16. The topological polar surface area (TPSA) is 96.7 Å². The molecule has 1 saturated carbocycles. The van der Waals surface area contributed by atoms with Crippen LogP contribution in [-0.2, 0) is 21.2 Å². The summed E-state index contributed by atoms with van der Waals surface area (Å²) in [5, 5.41) is 6.66. The van der Waals surface area contributed by atoms with Gasteiger partial charge in [0.2, 0.25) is 11.9 Å². The summed E-state index contributed by atoms with van der Waals surface area (Å²) in [4.78, 5) is 18.3. The van der Waals surface area contributed by atoms with Crippen LogP contribution in [0.2, 0.25) is 0 Å². The molecule has 32 heavy (non-hydrogen) atoms. The first-order valence-electron chi connectivity index (χ1n) is 10.3. The maximum Gasteiger partial charge on any atom is 0.260 e. The van der Waals surface area contributed by atoms with Gasteiger partial charge in [0.05, 0.1) is 17.2 Å². The molecule has 1 amide bonds. The average molecular weight is 461 g/mol. The molecule has 1 unspecified atom stereocenters. The van der Waals surface area contributed by atoms with Crippen molar-refractivity contribution in [3.05, 3.63) is 48.0 Å². The number of pyridine rings is 1. The van der Waals surface area contributed by atoms with E-state index in [1.165, 1.54) is 0 Å². The highest BCUT2D eigenvalue weighted by Gasteiger charge is 2.61. The van der Waals surface area contributed by atoms with E-state index >= 15 is 0 Å². The number of amides is 1. The van der Waals surface area contributed by atoms with E-state index < -0.39 is 34.0 Å². The van der Waals surface area contributed by atoms with Crippen LogP contribution in [0.1, 0.15) is 12.0 Å². The van der Waals surface area contributed by atoms with Crippen LogP contribution in [0.15, 0.2) is 42.5 Å². The van der Waals surface area contributed by atoms with Gasteiger partial charge in [0.15, 0.2) is 15.5 Å². The lowest BCUT2D eigenvalue weighted by Crippen LogP contribution is -2.39. The largest absolute Gasteiger partial charge is 0.297 e. The second-order valence-corrected chi connectivity index (χ2v) is 10.6. The molecule has 1 atom stereocenters. The molecule has 0 bridgehead atoms. The van der Waals surface area contributed by atoms with Crippen LogP contribution in [0.3, 0.4) is 0 Å². The fourth-order valence-electron chi connectivity index (χ4n) is 3.82. The van der Waals surface area contributed by atoms with E-state index in [0.717, 1.165) is 16.8 Å². The molecule has 11 heteroatoms. The number of anilines is 1. The van der Waals surface area contributed by atoms with E-state index in [-0.39, 0.29) is 17.5 Å². The number of carbonyl (C=O) groups excluding carboxylic acids is 1. The Kier molecular flexibility index (Phi) is 4.97. The van der Waals surface area contributed by atoms with E-state index in [4.69, 9.17) is 0 Å². The van der Waals surface area contributed by atoms with Gasteiger partial charge in [0, 0.05) is 31.6 Å². The predicted molar refractivity (Wildman–Crippen MR) is 114 cm³/mol. The Morgan fingerprint density at radius 1 is 1.12 bits per heavy atom. The lowest BCUT2D eigenvalue weighted by Gasteiger charge is -2.26. The standard InChI is InChI=1S/C21H21F2N5O3S/c22-21(23)12-16(21)19(29)25-20-24-18-3-1-2-17(28(18)26-20)15-6-4-14(5-7-15)13-27-8-10-32(30,31)11-9-27/h1-7,16H,8-13H2,(H,25,26,29). The first-order valence-corrected chi connectivity index (χ1v) is 12.1. The zero-order valence-corrected chi connectivity index (χ0v) is 17.9. The van der Waals surface area contributed by atoms with E-state index in [1.54, 1.807) is 10.6 Å². The molecule has 0 radical (unpaired) electrons. The van der Waals surface area contributed by atoms with Crippen LogP contribution in [0.5, 0.6) is 0 Å². The minimum absolute atomic E-state index is 0.0122. The van der Waals surface area contributed by atoms with Gasteiger partial charge in [0.1, 0.15) is 5.92 Å². The van der Waals surface area contributed by atoms with Crippen molar-refractivity contribution in [2.24, 2.45) is 5.92 Å². The highest BCUT2D eigenvalue weighted by Crippen LogP contribution is 2.48. The number of aromatic nitrogens is 3. The third-order valence-electron chi connectivity index (χ3n) is 5.83. The molecule has 2 fully saturated rings. The van der Waals surface area contributed by atoms with Crippen LogP contribution in [-0.4, -0.2) is 64.3 Å². The Morgan fingerprint density at radius 2 is 1.81 bits per heavy atom. The maximum absolute atomic E-state index is 13.1. The van der Waals surface area contributed by atoms with Crippen molar-refractivity contribution in [1.29, 1.82) is 0 Å². The lowest BCUT2D eigenvalue weighted by atomic mass is 10.1. The lowest BCUT2D eigenvalue weighted by molar-refractivity contribution is -0.119. The Bertz CT molecular complexity index is 1280. The zero-order chi connectivity index (χ0) is 22.5. The fraction of sp³-hybridized carbons (Fsp3) is 0.381. The van der Waals surface area contributed by atoms with Crippen molar-refractivity contribution >= 4 is 27.3 Å². The van der Waals surface area contributed by atoms with E-state index in [1.807, 2.05) is 36.4 Å². The van der Waals surface area contributed by atoms with Crippen LogP contribution in [0, 0.1) is 5.92 Å². The number of halogens is 2. The normalized spacial score (nSPS) is 22.0. The molecule has 3 aromatic rings. The van der Waals surface area contributed by atoms with Crippen LogP contribution in [0.25, 0.3) is 16.9 Å². The SMILES string of the molecule is O=C(Nc1nc2cccc(-c3ccc(CN4CCS(=O)(=O)CC4)cc3)n2n1)C1CC1(F)F. The molecule has 168 valence electrons. The van der Waals surface area contributed by atoms with Crippen LogP contribution < -0.4 is 5.32 Å². The van der Waals surface area contributed by atoms with Gasteiger partial charge in [0.25, 0.3) is 5.92 Å². The van der Waals surface area contributed by atoms with Gasteiger partial charge in [-0.3, -0.25) is 15.0 Å². The molecule has 1 aliphatic heterocycles. The summed E-state index contributed by atoms with van der Waals surface area (Å²) in [6, 6.07) is 13.2. The number of benzene rings is 1. The molecule has 5 rings (SSSR count). The molecule has 1 saturated heterocycles. The number of rotatable bonds is 5. The highest BCUT2D eigenvalue weighted by molar-refractivity contribution is 7.91. The molecule has 8 nitrogen and oxygen atoms in total. The highest BCUT2D eigenvalue weighted by atomic mass is 32.2. The van der Waals surface area contributed by atoms with Crippen LogP contribution >= 0.6 is 0 Å². The summed E-state index contributed by atoms with van der Waals surface area (Å²) in [6.45, 7) is 1.73. The summed E-state index contributed by atoms with van der Waals surface area (Å²) in [7, 11) is -2.90. The number of fused-ring (bicyclic) bond motifs is 1. The fourth-order valence-corrected chi connectivity index (χ4v) is 5.10. The number of carbonyl (C=O) groups is 1. The third kappa shape index (κ3) is 4.22. The molecule has 0 spiro atoms. The molecular weight excluding hydrogens is 440 g/mol. The van der Waals surface area contributed by atoms with Gasteiger partial charge < -0.3 is 0 Å². The van der Waals surface area contributed by atoms with E-state index in [0.29, 0.717) is 25.3 Å². The Hall–Kier alpha value is -2.92. The first-order chi connectivity index (χ1) is 15.2. The number of hydrogen-bond donors (Lipinski definition) is 1. The first kappa shape index (κ1) is 21.0. The predicted octanol–water partition coefficient (Wildman–Crippen LogP) is 2.22. The van der Waals surface area contributed by atoms with Crippen molar-refractivity contribution in [2.75, 3.05) is 29.9 Å². The number of hydrogen-bond acceptors (Lipinski definition) is 6. The second-order valence-electron chi connectivity index (χ2n) is 8.25. The molecule has 2 aliphatic rings. The monoisotopic (exact) mass is 461 g/mol. The van der Waals surface area contributed by atoms with Crippen molar-refractivity contribution in [2.45, 2.75) is 18.9 Å². The van der Waals surface area contributed by atoms with Crippen molar-refractivity contribution in [3.63, 3.8) is 0 Å². The summed E-state index contributed by atoms with van der Waals surface area (Å²) in [5.74, 6) is -4.67. The number of nitrogens with one attached hydrogen (secondary N) is 1. The van der Waals surface area contributed by atoms with Gasteiger partial charge in [-0.15, -0.1) is 5.10 Å². The molecule has 1 aliphatic carbocycles. The number of alkyl halides is 2. The third-order valence-corrected chi connectivity index (χ3v) is 7.44. The minimum Gasteiger partial charge on any atom is -0.297 e. The van der Waals surface area contributed by atoms with Crippen molar-refractivity contribution in [1.82, 2.24) is 19.5 Å². The second kappa shape index (κ2) is 7.59. The quantitative estimate of drug-likeness (QED) is 0.626. The van der Waals surface area contributed by atoms with Gasteiger partial charge in [-0.05, 0) is 17.7 Å². The Morgan fingerprint density at radius 3 is 2.47 bits per heavy atom. The summed E-state index contributed by atoms with van der Waals surface area (Å²) < 4.78 is 51.0. The molecule has 1 aromatic carbocycles. The minimum atomic E-state index is -2.95. The van der Waals surface area contributed by atoms with Crippen molar-refractivity contribution < 1.29 is 22.0 Å². The van der Waals surface area contributed by atoms with Gasteiger partial charge >= 0.3 is 0 Å². The molecular formula is C21H21F2N5O3S. The number of nitrogens with zero attached hydrogens (tertiary/aromatic N) is 4. The summed E-state index contributed by atoms with van der Waals surface area (Å²) in [6.07, 6.45) is -0.447. The van der Waals surface area contributed by atoms with E-state index in [9.17, 15) is 22.0 Å². The number of sulfone groups is 1. The maximum atomic E-state index is 13.1. The van der Waals surface area contributed by atoms with E-state index in [2.05, 4.69) is 20.3 Å². The summed E-state index contributed by atoms with van der Waals surface area (Å²) >= 11 is 0. The Balaban J connectivity index is 1.32. The Labute approximate surface area is 183 Å².